The second kappa shape index (κ2) is 30.7. The first-order valence-corrected chi connectivity index (χ1v) is 18.2. The van der Waals surface area contributed by atoms with E-state index in [1.165, 1.54) is 19.3 Å². The molecule has 0 saturated heterocycles. The van der Waals surface area contributed by atoms with Crippen LogP contribution in [0.4, 0.5) is 11.4 Å². The number of nitrogens with zero attached hydrogens (tertiary/aromatic N) is 1. The monoisotopic (exact) mass is 750 g/mol. The second-order valence-electron chi connectivity index (χ2n) is 11.6. The van der Waals surface area contributed by atoms with E-state index in [9.17, 15) is 19.2 Å². The van der Waals surface area contributed by atoms with Crippen molar-refractivity contribution >= 4 is 50.9 Å². The molecule has 13 heteroatoms. The summed E-state index contributed by atoms with van der Waals surface area (Å²) in [6.45, 7) is 2.86. The number of anilines is 2. The molecule has 0 bridgehead atoms. The summed E-state index contributed by atoms with van der Waals surface area (Å²) in [7, 11) is 3.81. The van der Waals surface area contributed by atoms with Crippen LogP contribution in [0.3, 0.4) is 0 Å². The summed E-state index contributed by atoms with van der Waals surface area (Å²) in [4.78, 5) is 47.6. The zero-order valence-electron chi connectivity index (χ0n) is 29.4. The zero-order valence-corrected chi connectivity index (χ0v) is 30.9. The molecule has 4 amide bonds. The lowest BCUT2D eigenvalue weighted by molar-refractivity contribution is -0.117. The van der Waals surface area contributed by atoms with Gasteiger partial charge in [-0.2, -0.15) is 0 Å². The maximum absolute atomic E-state index is 11.8. The second-order valence-corrected chi connectivity index (χ2v) is 12.4. The van der Waals surface area contributed by atoms with Crippen molar-refractivity contribution < 1.29 is 29.4 Å². The van der Waals surface area contributed by atoms with E-state index in [2.05, 4.69) is 36.8 Å². The molecule has 0 aliphatic heterocycles. The summed E-state index contributed by atoms with van der Waals surface area (Å²) in [5.41, 5.74) is 12.6. The van der Waals surface area contributed by atoms with Gasteiger partial charge in [0.1, 0.15) is 0 Å². The van der Waals surface area contributed by atoms with Gasteiger partial charge >= 0.3 is 0 Å². The van der Waals surface area contributed by atoms with Crippen LogP contribution in [0.15, 0.2) is 48.5 Å². The number of rotatable bonds is 23. The van der Waals surface area contributed by atoms with Crippen LogP contribution in [0.5, 0.6) is 0 Å². The average molecular weight is 752 g/mol. The van der Waals surface area contributed by atoms with Crippen molar-refractivity contribution in [1.29, 1.82) is 0 Å². The molecule has 276 valence electrons. The molecule has 0 saturated carbocycles. The molecule has 9 N–H and O–H groups in total. The maximum Gasteiger partial charge on any atom is 0.248 e. The van der Waals surface area contributed by atoms with Crippen molar-refractivity contribution in [3.8, 4) is 0 Å². The highest BCUT2D eigenvalue weighted by Crippen LogP contribution is 2.13. The Kier molecular flexibility index (Phi) is 28.6. The van der Waals surface area contributed by atoms with E-state index >= 15 is 0 Å². The van der Waals surface area contributed by atoms with Crippen LogP contribution in [0.2, 0.25) is 0 Å². The lowest BCUT2D eigenvalue weighted by atomic mass is 10.1. The molecule has 0 fully saturated rings. The van der Waals surface area contributed by atoms with Gasteiger partial charge in [0.05, 0.1) is 13.2 Å². The van der Waals surface area contributed by atoms with E-state index < -0.39 is 11.8 Å². The largest absolute Gasteiger partial charge is 0.395 e. The smallest absolute Gasteiger partial charge is 0.248 e. The number of alkyl halides is 1. The molecule has 2 aromatic carbocycles. The van der Waals surface area contributed by atoms with Crippen molar-refractivity contribution in [3.05, 3.63) is 59.7 Å². The van der Waals surface area contributed by atoms with E-state index in [4.69, 9.17) is 21.7 Å². The normalized spacial score (nSPS) is 10.3. The maximum atomic E-state index is 11.8. The Morgan fingerprint density at radius 2 is 1.04 bits per heavy atom. The predicted octanol–water partition coefficient (Wildman–Crippen LogP) is 4.65. The summed E-state index contributed by atoms with van der Waals surface area (Å²) in [5.74, 6) is -0.941. The number of carbonyl (C=O) groups excluding carboxylic acids is 4. The van der Waals surface area contributed by atoms with E-state index in [-0.39, 0.29) is 25.0 Å². The minimum absolute atomic E-state index is 0.00972. The van der Waals surface area contributed by atoms with Gasteiger partial charge in [-0.3, -0.25) is 19.2 Å². The molecular weight excluding hydrogens is 692 g/mol. The Balaban J connectivity index is 0.000000835. The van der Waals surface area contributed by atoms with Crippen LogP contribution in [0, 0.1) is 0 Å². The number of likely N-dealkylation sites (N-methyl/N-ethyl adjacent to an activating group) is 2. The number of unbranched alkanes of at least 4 members (excludes halogenated alkanes) is 8. The van der Waals surface area contributed by atoms with Crippen molar-refractivity contribution in [2.24, 2.45) is 11.5 Å². The Labute approximate surface area is 300 Å². The predicted molar refractivity (Wildman–Crippen MR) is 202 cm³/mol. The van der Waals surface area contributed by atoms with Gasteiger partial charge in [0.15, 0.2) is 0 Å². The quantitative estimate of drug-likeness (QED) is 0.0629. The first-order valence-electron chi connectivity index (χ1n) is 17.1. The van der Waals surface area contributed by atoms with Crippen LogP contribution in [-0.2, 0) is 9.59 Å². The van der Waals surface area contributed by atoms with Crippen LogP contribution >= 0.6 is 15.9 Å². The number of carbonyl (C=O) groups is 4. The average Bonchev–Trinajstić information content (AvgIpc) is 3.07. The van der Waals surface area contributed by atoms with Crippen molar-refractivity contribution in [2.45, 2.75) is 77.0 Å². The lowest BCUT2D eigenvalue weighted by Gasteiger charge is -2.14. The molecule has 0 aromatic heterocycles. The third-order valence-corrected chi connectivity index (χ3v) is 7.79. The number of nitrogens with one attached hydrogen (secondary N) is 3. The van der Waals surface area contributed by atoms with Crippen molar-refractivity contribution in [3.63, 3.8) is 0 Å². The first-order chi connectivity index (χ1) is 23.6. The summed E-state index contributed by atoms with van der Waals surface area (Å²) in [6, 6.07) is 13.2. The highest BCUT2D eigenvalue weighted by atomic mass is 79.9. The molecule has 0 radical (unpaired) electrons. The van der Waals surface area contributed by atoms with E-state index in [0.29, 0.717) is 41.9 Å². The fraction of sp³-hybridized carbons (Fsp3) is 0.556. The number of nitrogens with two attached hydrogens (primary N) is 2. The van der Waals surface area contributed by atoms with Gasteiger partial charge in [-0.25, -0.2) is 0 Å². The Morgan fingerprint density at radius 3 is 1.39 bits per heavy atom. The SMILES string of the molecule is CN(CCO)CCCCCCCC(=O)Nc1ccc(C(N)=O)cc1.CNCCO.NC(=O)c1ccc(NC(=O)CCCCCCCBr)cc1. The number of aliphatic hydroxyl groups excluding tert-OH is 2. The minimum atomic E-state index is -0.476. The molecule has 0 heterocycles. The number of amides is 4. The molecule has 2 aromatic rings. The van der Waals surface area contributed by atoms with Gasteiger partial charge in [0.25, 0.3) is 0 Å². The molecule has 0 aliphatic rings. The number of hydrogen-bond acceptors (Lipinski definition) is 8. The number of halogens is 1. The lowest BCUT2D eigenvalue weighted by Crippen LogP contribution is -2.23. The number of benzene rings is 2. The Morgan fingerprint density at radius 1 is 0.633 bits per heavy atom. The third kappa shape index (κ3) is 26.2. The number of aliphatic hydroxyl groups is 2. The molecule has 0 unspecified atom stereocenters. The van der Waals surface area contributed by atoms with Crippen LogP contribution in [-0.4, -0.2) is 91.0 Å². The van der Waals surface area contributed by atoms with E-state index in [0.717, 1.165) is 63.4 Å². The van der Waals surface area contributed by atoms with Gasteiger partial charge in [0, 0.05) is 53.8 Å². The molecular formula is C36H59BrN6O6. The summed E-state index contributed by atoms with van der Waals surface area (Å²) in [6.07, 6.45) is 11.9. The topological polar surface area (TPSA) is 200 Å². The highest BCUT2D eigenvalue weighted by Gasteiger charge is 2.06. The van der Waals surface area contributed by atoms with Gasteiger partial charge < -0.3 is 42.5 Å². The summed E-state index contributed by atoms with van der Waals surface area (Å²) in [5, 5.41) is 26.3. The van der Waals surface area contributed by atoms with Gasteiger partial charge in [0.2, 0.25) is 23.6 Å². The van der Waals surface area contributed by atoms with E-state index in [1.807, 2.05) is 7.05 Å². The summed E-state index contributed by atoms with van der Waals surface area (Å²) >= 11 is 3.40. The molecule has 2 rings (SSSR count). The van der Waals surface area contributed by atoms with Gasteiger partial charge in [-0.1, -0.05) is 54.5 Å². The zero-order chi connectivity index (χ0) is 36.7. The van der Waals surface area contributed by atoms with Gasteiger partial charge in [-0.05, 0) is 94.9 Å². The standard InChI is InChI=1S/C18H29N3O3.C15H21BrN2O2.C3H9NO/c1-21(13-14-22)12-6-4-2-3-5-7-17(23)20-16-10-8-15(9-11-16)18(19)24;16-11-5-3-1-2-4-6-14(19)18-13-9-7-12(8-10-13)15(17)20;1-4-2-3-5/h8-11,22H,2-7,12-14H2,1H3,(H2,19,24)(H,20,23);7-10H,1-6,11H2,(H2,17,20)(H,18,19);4-5H,2-3H2,1H3. The number of hydrogen-bond donors (Lipinski definition) is 7. The Hall–Kier alpha value is -3.36. The molecule has 12 nitrogen and oxygen atoms in total. The summed E-state index contributed by atoms with van der Waals surface area (Å²) < 4.78 is 0. The number of primary amides is 2. The molecule has 0 aliphatic carbocycles. The van der Waals surface area contributed by atoms with Crippen LogP contribution in [0.1, 0.15) is 97.8 Å². The van der Waals surface area contributed by atoms with Crippen molar-refractivity contribution in [2.75, 3.05) is 62.9 Å². The Bertz CT molecular complexity index is 1170. The fourth-order valence-electron chi connectivity index (χ4n) is 4.38. The molecule has 0 spiro atoms. The third-order valence-electron chi connectivity index (χ3n) is 7.23. The van der Waals surface area contributed by atoms with Crippen LogP contribution < -0.4 is 27.4 Å². The van der Waals surface area contributed by atoms with Crippen molar-refractivity contribution in [1.82, 2.24) is 10.2 Å². The van der Waals surface area contributed by atoms with Crippen LogP contribution in [0.25, 0.3) is 0 Å². The van der Waals surface area contributed by atoms with Gasteiger partial charge in [-0.15, -0.1) is 0 Å². The first kappa shape index (κ1) is 45.6. The molecule has 49 heavy (non-hydrogen) atoms. The van der Waals surface area contributed by atoms with E-state index in [1.54, 1.807) is 55.6 Å². The fourth-order valence-corrected chi connectivity index (χ4v) is 4.78. The molecule has 0 atom stereocenters. The highest BCUT2D eigenvalue weighted by molar-refractivity contribution is 9.09. The minimum Gasteiger partial charge on any atom is -0.395 e.